The van der Waals surface area contributed by atoms with E-state index in [0.717, 1.165) is 11.1 Å². The van der Waals surface area contributed by atoms with E-state index in [-0.39, 0.29) is 19.4 Å². The molecule has 2 rings (SSSR count). The van der Waals surface area contributed by atoms with Crippen molar-refractivity contribution in [1.82, 2.24) is 0 Å². The molecule has 0 heterocycles. The van der Waals surface area contributed by atoms with Gasteiger partial charge in [-0.1, -0.05) is 24.3 Å². The van der Waals surface area contributed by atoms with Crippen molar-refractivity contribution < 1.29 is 27.8 Å². The second-order valence-corrected chi connectivity index (χ2v) is 5.32. The summed E-state index contributed by atoms with van der Waals surface area (Å²) in [4.78, 5) is 11.7. The fourth-order valence-electron chi connectivity index (χ4n) is 2.94. The number of aryl methyl sites for hydroxylation is 1. The molecule has 1 aliphatic carbocycles. The molecule has 21 heavy (non-hydrogen) atoms. The van der Waals surface area contributed by atoms with Gasteiger partial charge in [0.2, 0.25) is 0 Å². The van der Waals surface area contributed by atoms with Gasteiger partial charge in [0.25, 0.3) is 0 Å². The number of carbonyl (C=O) groups is 1. The van der Waals surface area contributed by atoms with Crippen molar-refractivity contribution in [3.8, 4) is 0 Å². The lowest BCUT2D eigenvalue weighted by Crippen LogP contribution is -2.33. The summed E-state index contributed by atoms with van der Waals surface area (Å²) in [5, 5.41) is 9.58. The topological polar surface area (TPSA) is 46.5 Å². The molecule has 0 saturated carbocycles. The summed E-state index contributed by atoms with van der Waals surface area (Å²) in [5.74, 6) is -0.914. The fourth-order valence-corrected chi connectivity index (χ4v) is 2.94. The molecule has 0 aliphatic heterocycles. The van der Waals surface area contributed by atoms with E-state index in [2.05, 4.69) is 4.74 Å². The smallest absolute Gasteiger partial charge is 0.411 e. The van der Waals surface area contributed by atoms with Crippen LogP contribution in [-0.2, 0) is 21.4 Å². The summed E-state index contributed by atoms with van der Waals surface area (Å²) >= 11 is 0. The van der Waals surface area contributed by atoms with Gasteiger partial charge < -0.3 is 9.84 Å². The van der Waals surface area contributed by atoms with Crippen LogP contribution in [0.2, 0.25) is 0 Å². The molecule has 1 N–H and O–H groups in total. The number of alkyl halides is 3. The van der Waals surface area contributed by atoms with Gasteiger partial charge in [-0.05, 0) is 36.8 Å². The molecule has 1 aromatic rings. The minimum Gasteiger partial charge on any atom is -0.481 e. The molecule has 0 amide bonds. The maximum atomic E-state index is 12.0. The zero-order valence-corrected chi connectivity index (χ0v) is 11.4. The molecule has 0 saturated heterocycles. The molecule has 0 spiro atoms. The van der Waals surface area contributed by atoms with Crippen molar-refractivity contribution in [1.29, 1.82) is 0 Å². The van der Waals surface area contributed by atoms with Crippen molar-refractivity contribution in [2.24, 2.45) is 0 Å². The lowest BCUT2D eigenvalue weighted by Gasteiger charge is -2.25. The van der Waals surface area contributed by atoms with Gasteiger partial charge in [0.15, 0.2) is 0 Å². The minimum atomic E-state index is -4.34. The van der Waals surface area contributed by atoms with Gasteiger partial charge in [0.1, 0.15) is 6.61 Å². The highest BCUT2D eigenvalue weighted by Gasteiger charge is 2.44. The first kappa shape index (κ1) is 15.8. The lowest BCUT2D eigenvalue weighted by atomic mass is 9.78. The zero-order valence-electron chi connectivity index (χ0n) is 11.4. The van der Waals surface area contributed by atoms with Gasteiger partial charge in [-0.2, -0.15) is 13.2 Å². The van der Waals surface area contributed by atoms with Gasteiger partial charge in [0, 0.05) is 6.61 Å². The molecule has 0 aromatic heterocycles. The Morgan fingerprint density at radius 2 is 2.05 bits per heavy atom. The molecule has 0 bridgehead atoms. The summed E-state index contributed by atoms with van der Waals surface area (Å²) < 4.78 is 40.4. The summed E-state index contributed by atoms with van der Waals surface area (Å²) in [6, 6.07) is 7.36. The number of hydrogen-bond acceptors (Lipinski definition) is 2. The number of ether oxygens (including phenoxy) is 1. The Morgan fingerprint density at radius 3 is 2.71 bits per heavy atom. The third-order valence-corrected chi connectivity index (χ3v) is 3.92. The number of halogens is 3. The molecule has 1 aliphatic rings. The summed E-state index contributed by atoms with van der Waals surface area (Å²) in [6.45, 7) is -1.37. The highest BCUT2D eigenvalue weighted by molar-refractivity contribution is 5.83. The zero-order chi connectivity index (χ0) is 15.5. The monoisotopic (exact) mass is 302 g/mol. The molecule has 1 atom stereocenters. The van der Waals surface area contributed by atoms with Crippen LogP contribution in [0.25, 0.3) is 0 Å². The number of fused-ring (bicyclic) bond motifs is 1. The number of benzene rings is 1. The van der Waals surface area contributed by atoms with Gasteiger partial charge >= 0.3 is 12.1 Å². The first-order chi connectivity index (χ1) is 9.85. The standard InChI is InChI=1S/C15H17F3O3/c16-15(17,18)10-21-9-3-7-14(13(19)20)8-6-11-4-1-2-5-12(11)14/h1-2,4-5H,3,6-10H2,(H,19,20). The van der Waals surface area contributed by atoms with Gasteiger partial charge in [-0.25, -0.2) is 0 Å². The molecule has 116 valence electrons. The average molecular weight is 302 g/mol. The highest BCUT2D eigenvalue weighted by Crippen LogP contribution is 2.42. The molecular formula is C15H17F3O3. The fraction of sp³-hybridized carbons (Fsp3) is 0.533. The van der Waals surface area contributed by atoms with Crippen LogP contribution < -0.4 is 0 Å². The van der Waals surface area contributed by atoms with Crippen molar-refractivity contribution in [2.45, 2.75) is 37.3 Å². The number of carboxylic acids is 1. The van der Waals surface area contributed by atoms with Crippen LogP contribution in [0.15, 0.2) is 24.3 Å². The van der Waals surface area contributed by atoms with E-state index < -0.39 is 24.2 Å². The van der Waals surface area contributed by atoms with Crippen molar-refractivity contribution in [3.63, 3.8) is 0 Å². The second-order valence-electron chi connectivity index (χ2n) is 5.32. The number of rotatable bonds is 6. The van der Waals surface area contributed by atoms with E-state index in [1.54, 1.807) is 12.1 Å². The highest BCUT2D eigenvalue weighted by atomic mass is 19.4. The molecule has 6 heteroatoms. The van der Waals surface area contributed by atoms with E-state index in [9.17, 15) is 23.1 Å². The summed E-state index contributed by atoms with van der Waals surface area (Å²) in [5.41, 5.74) is 0.808. The summed E-state index contributed by atoms with van der Waals surface area (Å²) in [6.07, 6.45) is -2.59. The van der Waals surface area contributed by atoms with E-state index in [1.807, 2.05) is 12.1 Å². The third kappa shape index (κ3) is 3.56. The Bertz CT molecular complexity index is 513. The largest absolute Gasteiger partial charge is 0.481 e. The Hall–Kier alpha value is -1.56. The van der Waals surface area contributed by atoms with Crippen LogP contribution in [0.5, 0.6) is 0 Å². The molecule has 1 aromatic carbocycles. The van der Waals surface area contributed by atoms with E-state index >= 15 is 0 Å². The van der Waals surface area contributed by atoms with Crippen molar-refractivity contribution >= 4 is 5.97 Å². The van der Waals surface area contributed by atoms with Crippen LogP contribution in [0.1, 0.15) is 30.4 Å². The normalized spacial score (nSPS) is 21.3. The molecule has 0 fully saturated rings. The molecule has 0 radical (unpaired) electrons. The predicted molar refractivity (Wildman–Crippen MR) is 70.2 cm³/mol. The van der Waals surface area contributed by atoms with Crippen molar-refractivity contribution in [2.75, 3.05) is 13.2 Å². The average Bonchev–Trinajstić information content (AvgIpc) is 2.78. The maximum absolute atomic E-state index is 12.0. The van der Waals surface area contributed by atoms with Crippen molar-refractivity contribution in [3.05, 3.63) is 35.4 Å². The predicted octanol–water partition coefficient (Wildman–Crippen LogP) is 3.31. The first-order valence-corrected chi connectivity index (χ1v) is 6.81. The lowest BCUT2D eigenvalue weighted by molar-refractivity contribution is -0.174. The van der Waals surface area contributed by atoms with Gasteiger partial charge in [-0.15, -0.1) is 0 Å². The van der Waals surface area contributed by atoms with E-state index in [1.165, 1.54) is 0 Å². The maximum Gasteiger partial charge on any atom is 0.411 e. The number of aliphatic carboxylic acids is 1. The molecule has 1 unspecified atom stereocenters. The van der Waals surface area contributed by atoms with Crippen LogP contribution in [0, 0.1) is 0 Å². The number of carboxylic acid groups (broad SMARTS) is 1. The Kier molecular flexibility index (Phi) is 4.56. The summed E-state index contributed by atoms with van der Waals surface area (Å²) in [7, 11) is 0. The Labute approximate surface area is 120 Å². The van der Waals surface area contributed by atoms with Crippen LogP contribution in [0.4, 0.5) is 13.2 Å². The van der Waals surface area contributed by atoms with Gasteiger partial charge in [-0.3, -0.25) is 4.79 Å². The van der Waals surface area contributed by atoms with E-state index in [0.29, 0.717) is 12.8 Å². The first-order valence-electron chi connectivity index (χ1n) is 6.81. The third-order valence-electron chi connectivity index (χ3n) is 3.92. The SMILES string of the molecule is O=C(O)C1(CCCOCC(F)(F)F)CCc2ccccc21. The van der Waals surface area contributed by atoms with Crippen LogP contribution in [-0.4, -0.2) is 30.5 Å². The second kappa shape index (κ2) is 6.05. The van der Waals surface area contributed by atoms with Gasteiger partial charge in [0.05, 0.1) is 5.41 Å². The Morgan fingerprint density at radius 1 is 1.33 bits per heavy atom. The van der Waals surface area contributed by atoms with E-state index in [4.69, 9.17) is 0 Å². The quantitative estimate of drug-likeness (QED) is 0.820. The van der Waals surface area contributed by atoms with Crippen LogP contribution >= 0.6 is 0 Å². The number of hydrogen-bond donors (Lipinski definition) is 1. The van der Waals surface area contributed by atoms with Crippen LogP contribution in [0.3, 0.4) is 0 Å². The minimum absolute atomic E-state index is 0.0866. The molecular weight excluding hydrogens is 285 g/mol. The Balaban J connectivity index is 1.97. The molecule has 3 nitrogen and oxygen atoms in total.